The van der Waals surface area contributed by atoms with Crippen LogP contribution in [-0.2, 0) is 0 Å². The van der Waals surface area contributed by atoms with E-state index in [1.54, 1.807) is 12.1 Å². The van der Waals surface area contributed by atoms with Crippen LogP contribution in [0, 0.1) is 0 Å². The average molecular weight is 284 g/mol. The Kier molecular flexibility index (Phi) is 3.12. The van der Waals surface area contributed by atoms with Crippen LogP contribution in [0.5, 0.6) is 0 Å². The number of benzene rings is 2. The van der Waals surface area contributed by atoms with Crippen LogP contribution in [0.3, 0.4) is 0 Å². The molecule has 3 nitrogen and oxygen atoms in total. The van der Waals surface area contributed by atoms with Crippen LogP contribution in [0.15, 0.2) is 54.7 Å². The van der Waals surface area contributed by atoms with Gasteiger partial charge in [0, 0.05) is 22.2 Å². The number of hydrogen-bond donors (Lipinski definition) is 1. The van der Waals surface area contributed by atoms with E-state index in [1.807, 2.05) is 36.4 Å². The predicted molar refractivity (Wildman–Crippen MR) is 79.1 cm³/mol. The van der Waals surface area contributed by atoms with Crippen molar-refractivity contribution in [1.82, 2.24) is 4.98 Å². The van der Waals surface area contributed by atoms with Crippen LogP contribution < -0.4 is 0 Å². The molecule has 0 atom stereocenters. The van der Waals surface area contributed by atoms with Gasteiger partial charge < -0.3 is 5.11 Å². The second-order valence-electron chi connectivity index (χ2n) is 4.38. The van der Waals surface area contributed by atoms with Gasteiger partial charge in [0.25, 0.3) is 0 Å². The van der Waals surface area contributed by atoms with Crippen LogP contribution in [0.25, 0.3) is 22.0 Å². The summed E-state index contributed by atoms with van der Waals surface area (Å²) in [5, 5.41) is 11.3. The molecule has 2 aromatic carbocycles. The number of hydrogen-bond acceptors (Lipinski definition) is 2. The topological polar surface area (TPSA) is 50.2 Å². The summed E-state index contributed by atoms with van der Waals surface area (Å²) in [5.41, 5.74) is 1.80. The molecule has 0 unspecified atom stereocenters. The number of aromatic carboxylic acids is 1. The van der Waals surface area contributed by atoms with Crippen molar-refractivity contribution < 1.29 is 9.90 Å². The van der Waals surface area contributed by atoms with Crippen molar-refractivity contribution in [2.75, 3.05) is 0 Å². The lowest BCUT2D eigenvalue weighted by Gasteiger charge is -2.08. The van der Waals surface area contributed by atoms with Gasteiger partial charge in [-0.1, -0.05) is 48.0 Å². The minimum atomic E-state index is -0.980. The highest BCUT2D eigenvalue weighted by Crippen LogP contribution is 2.29. The van der Waals surface area contributed by atoms with Crippen LogP contribution >= 0.6 is 11.6 Å². The fourth-order valence-corrected chi connectivity index (χ4v) is 2.42. The Bertz CT molecular complexity index is 814. The molecule has 0 amide bonds. The Labute approximate surface area is 120 Å². The molecule has 1 heterocycles. The number of rotatable bonds is 2. The average Bonchev–Trinajstić information content (AvgIpc) is 2.46. The summed E-state index contributed by atoms with van der Waals surface area (Å²) in [6.45, 7) is 0. The van der Waals surface area contributed by atoms with E-state index in [4.69, 9.17) is 11.6 Å². The van der Waals surface area contributed by atoms with E-state index in [-0.39, 0.29) is 5.56 Å². The number of carboxylic acid groups (broad SMARTS) is 1. The normalized spacial score (nSPS) is 10.7. The van der Waals surface area contributed by atoms with Crippen molar-refractivity contribution in [1.29, 1.82) is 0 Å². The standard InChI is InChI=1S/C16H10ClNO2/c17-11-5-3-4-10(8-11)15-13-7-2-1-6-12(13)14(9-18-15)16(19)20/h1-9H,(H,19,20). The summed E-state index contributed by atoms with van der Waals surface area (Å²) in [6.07, 6.45) is 1.39. The first-order valence-electron chi connectivity index (χ1n) is 6.04. The van der Waals surface area contributed by atoms with Gasteiger partial charge in [-0.25, -0.2) is 4.79 Å². The Hall–Kier alpha value is -2.39. The quantitative estimate of drug-likeness (QED) is 0.765. The molecule has 20 heavy (non-hydrogen) atoms. The minimum absolute atomic E-state index is 0.200. The molecule has 0 aliphatic heterocycles. The van der Waals surface area contributed by atoms with Crippen molar-refractivity contribution in [3.63, 3.8) is 0 Å². The third-order valence-corrected chi connectivity index (χ3v) is 3.36. The molecule has 0 aliphatic rings. The van der Waals surface area contributed by atoms with Gasteiger partial charge in [-0.05, 0) is 17.5 Å². The second kappa shape index (κ2) is 4.94. The summed E-state index contributed by atoms with van der Waals surface area (Å²) >= 11 is 6.01. The summed E-state index contributed by atoms with van der Waals surface area (Å²) in [6, 6.07) is 14.7. The maximum atomic E-state index is 11.3. The van der Waals surface area contributed by atoms with E-state index >= 15 is 0 Å². The Morgan fingerprint density at radius 3 is 2.50 bits per heavy atom. The highest BCUT2D eigenvalue weighted by atomic mass is 35.5. The maximum absolute atomic E-state index is 11.3. The SMILES string of the molecule is O=C(O)c1cnc(-c2cccc(Cl)c2)c2ccccc12. The summed E-state index contributed by atoms with van der Waals surface area (Å²) in [7, 11) is 0. The number of fused-ring (bicyclic) bond motifs is 1. The Morgan fingerprint density at radius 1 is 1.05 bits per heavy atom. The highest BCUT2D eigenvalue weighted by molar-refractivity contribution is 6.30. The molecule has 0 aliphatic carbocycles. The molecule has 3 rings (SSSR count). The van der Waals surface area contributed by atoms with Crippen molar-refractivity contribution in [2.45, 2.75) is 0 Å². The van der Waals surface area contributed by atoms with E-state index in [2.05, 4.69) is 4.98 Å². The maximum Gasteiger partial charge on any atom is 0.337 e. The van der Waals surface area contributed by atoms with Crippen LogP contribution in [0.1, 0.15) is 10.4 Å². The molecule has 1 N–H and O–H groups in total. The predicted octanol–water partition coefficient (Wildman–Crippen LogP) is 4.25. The summed E-state index contributed by atoms with van der Waals surface area (Å²) in [5.74, 6) is -0.980. The zero-order valence-electron chi connectivity index (χ0n) is 10.4. The van der Waals surface area contributed by atoms with E-state index in [9.17, 15) is 9.90 Å². The Morgan fingerprint density at radius 2 is 1.80 bits per heavy atom. The smallest absolute Gasteiger partial charge is 0.337 e. The zero-order chi connectivity index (χ0) is 14.1. The van der Waals surface area contributed by atoms with E-state index < -0.39 is 5.97 Å². The molecule has 0 saturated heterocycles. The molecule has 0 saturated carbocycles. The fraction of sp³-hybridized carbons (Fsp3) is 0. The van der Waals surface area contributed by atoms with E-state index in [0.717, 1.165) is 16.6 Å². The third kappa shape index (κ3) is 2.12. The van der Waals surface area contributed by atoms with Crippen molar-refractivity contribution in [2.24, 2.45) is 0 Å². The van der Waals surface area contributed by atoms with Gasteiger partial charge in [0.15, 0.2) is 0 Å². The van der Waals surface area contributed by atoms with E-state index in [0.29, 0.717) is 10.4 Å². The highest BCUT2D eigenvalue weighted by Gasteiger charge is 2.13. The number of halogens is 1. The molecule has 0 spiro atoms. The molecule has 1 aromatic heterocycles. The number of carbonyl (C=O) groups is 1. The van der Waals surface area contributed by atoms with Crippen molar-refractivity contribution >= 4 is 28.3 Å². The van der Waals surface area contributed by atoms with Crippen molar-refractivity contribution in [3.05, 3.63) is 65.3 Å². The van der Waals surface area contributed by atoms with Gasteiger partial charge >= 0.3 is 5.97 Å². The van der Waals surface area contributed by atoms with Gasteiger partial charge in [-0.15, -0.1) is 0 Å². The van der Waals surface area contributed by atoms with Crippen LogP contribution in [0.4, 0.5) is 0 Å². The van der Waals surface area contributed by atoms with Crippen LogP contribution in [0.2, 0.25) is 5.02 Å². The molecule has 4 heteroatoms. The lowest BCUT2D eigenvalue weighted by Crippen LogP contribution is -2.00. The van der Waals surface area contributed by atoms with Crippen molar-refractivity contribution in [3.8, 4) is 11.3 Å². The fourth-order valence-electron chi connectivity index (χ4n) is 2.23. The van der Waals surface area contributed by atoms with E-state index in [1.165, 1.54) is 6.20 Å². The molecule has 0 fully saturated rings. The van der Waals surface area contributed by atoms with Gasteiger partial charge in [0.1, 0.15) is 0 Å². The molecule has 0 bridgehead atoms. The van der Waals surface area contributed by atoms with Gasteiger partial charge in [0.05, 0.1) is 11.3 Å². The monoisotopic (exact) mass is 283 g/mol. The molecule has 98 valence electrons. The molecule has 0 radical (unpaired) electrons. The molecule has 3 aromatic rings. The number of carboxylic acids is 1. The Balaban J connectivity index is 2.33. The lowest BCUT2D eigenvalue weighted by atomic mass is 10.0. The molecular weight excluding hydrogens is 274 g/mol. The molecular formula is C16H10ClNO2. The first-order valence-corrected chi connectivity index (χ1v) is 6.41. The van der Waals surface area contributed by atoms with Gasteiger partial charge in [0.2, 0.25) is 0 Å². The first-order chi connectivity index (χ1) is 9.66. The number of nitrogens with zero attached hydrogens (tertiary/aromatic N) is 1. The first kappa shape index (κ1) is 12.6. The third-order valence-electron chi connectivity index (χ3n) is 3.12. The second-order valence-corrected chi connectivity index (χ2v) is 4.82. The zero-order valence-corrected chi connectivity index (χ0v) is 11.1. The number of aromatic nitrogens is 1. The summed E-state index contributed by atoms with van der Waals surface area (Å²) < 4.78 is 0. The van der Waals surface area contributed by atoms with Crippen LogP contribution in [-0.4, -0.2) is 16.1 Å². The number of pyridine rings is 1. The summed E-state index contributed by atoms with van der Waals surface area (Å²) in [4.78, 5) is 15.6. The van der Waals surface area contributed by atoms with Gasteiger partial charge in [-0.3, -0.25) is 4.98 Å². The largest absolute Gasteiger partial charge is 0.478 e. The van der Waals surface area contributed by atoms with Gasteiger partial charge in [-0.2, -0.15) is 0 Å². The minimum Gasteiger partial charge on any atom is -0.478 e. The lowest BCUT2D eigenvalue weighted by molar-refractivity contribution is 0.0698.